The molecule has 1 saturated heterocycles. The Morgan fingerprint density at radius 1 is 1.37 bits per heavy atom. The van der Waals surface area contributed by atoms with Crippen LogP contribution in [0.5, 0.6) is 11.5 Å². The number of hydrogen-bond acceptors (Lipinski definition) is 3. The number of benzene rings is 1. The molecular formula is C16H25NO2. The minimum Gasteiger partial charge on any atom is -0.504 e. The summed E-state index contributed by atoms with van der Waals surface area (Å²) in [5.74, 6) is 1.58. The van der Waals surface area contributed by atoms with E-state index in [1.807, 2.05) is 12.1 Å². The van der Waals surface area contributed by atoms with E-state index in [1.54, 1.807) is 13.2 Å². The van der Waals surface area contributed by atoms with Gasteiger partial charge in [0.1, 0.15) is 0 Å². The summed E-state index contributed by atoms with van der Waals surface area (Å²) < 4.78 is 5.16. The van der Waals surface area contributed by atoms with Crippen molar-refractivity contribution in [3.8, 4) is 11.5 Å². The highest BCUT2D eigenvalue weighted by atomic mass is 16.5. The molecule has 1 aliphatic rings. The molecule has 2 rings (SSSR count). The number of para-hydroxylation sites is 1. The van der Waals surface area contributed by atoms with Crippen LogP contribution in [0.1, 0.15) is 32.8 Å². The van der Waals surface area contributed by atoms with Gasteiger partial charge in [0.15, 0.2) is 11.5 Å². The number of rotatable bonds is 3. The van der Waals surface area contributed by atoms with Gasteiger partial charge in [0.25, 0.3) is 0 Å². The molecule has 1 aliphatic heterocycles. The molecule has 1 heterocycles. The number of likely N-dealkylation sites (tertiary alicyclic amines) is 1. The van der Waals surface area contributed by atoms with Gasteiger partial charge in [-0.15, -0.1) is 0 Å². The fraction of sp³-hybridized carbons (Fsp3) is 0.625. The van der Waals surface area contributed by atoms with Gasteiger partial charge in [-0.3, -0.25) is 4.90 Å². The quantitative estimate of drug-likeness (QED) is 0.908. The van der Waals surface area contributed by atoms with Crippen LogP contribution < -0.4 is 4.74 Å². The highest BCUT2D eigenvalue weighted by Gasteiger charge is 2.31. The van der Waals surface area contributed by atoms with Crippen LogP contribution in [-0.4, -0.2) is 30.2 Å². The molecule has 0 radical (unpaired) electrons. The smallest absolute Gasteiger partial charge is 0.162 e. The molecule has 106 valence electrons. The summed E-state index contributed by atoms with van der Waals surface area (Å²) in [4.78, 5) is 2.42. The zero-order chi connectivity index (χ0) is 14.0. The number of phenolic OH excluding ortho intramolecular Hbond substituents is 1. The monoisotopic (exact) mass is 263 g/mol. The standard InChI is InChI=1S/C16H25NO2/c1-16(2,3)13-8-9-17(11-13)10-12-6-5-7-14(19-4)15(12)18/h5-7,13,18H,8-11H2,1-4H3. The van der Waals surface area contributed by atoms with Crippen LogP contribution in [0.4, 0.5) is 0 Å². The molecule has 1 N–H and O–H groups in total. The predicted molar refractivity (Wildman–Crippen MR) is 77.5 cm³/mol. The number of aromatic hydroxyl groups is 1. The van der Waals surface area contributed by atoms with E-state index in [9.17, 15) is 5.11 Å². The first-order chi connectivity index (χ1) is 8.91. The minimum atomic E-state index is 0.282. The van der Waals surface area contributed by atoms with Gasteiger partial charge in [0, 0.05) is 18.7 Å². The lowest BCUT2D eigenvalue weighted by molar-refractivity contribution is 0.225. The number of ether oxygens (including phenoxy) is 1. The predicted octanol–water partition coefficient (Wildman–Crippen LogP) is 3.27. The Hall–Kier alpha value is -1.22. The van der Waals surface area contributed by atoms with Gasteiger partial charge < -0.3 is 9.84 Å². The van der Waals surface area contributed by atoms with Crippen molar-refractivity contribution in [3.05, 3.63) is 23.8 Å². The first-order valence-electron chi connectivity index (χ1n) is 6.99. The van der Waals surface area contributed by atoms with Crippen LogP contribution in [0.3, 0.4) is 0 Å². The molecule has 0 saturated carbocycles. The maximum Gasteiger partial charge on any atom is 0.162 e. The number of hydrogen-bond donors (Lipinski definition) is 1. The fourth-order valence-electron chi connectivity index (χ4n) is 2.78. The molecule has 3 heteroatoms. The van der Waals surface area contributed by atoms with Gasteiger partial charge in [-0.1, -0.05) is 32.9 Å². The van der Waals surface area contributed by atoms with Crippen molar-refractivity contribution >= 4 is 0 Å². The van der Waals surface area contributed by atoms with Crippen molar-refractivity contribution in [1.82, 2.24) is 4.90 Å². The largest absolute Gasteiger partial charge is 0.504 e. The normalized spacial score (nSPS) is 20.7. The maximum atomic E-state index is 10.1. The van der Waals surface area contributed by atoms with Crippen LogP contribution >= 0.6 is 0 Å². The summed E-state index contributed by atoms with van der Waals surface area (Å²) in [5, 5.41) is 10.1. The van der Waals surface area contributed by atoms with Crippen molar-refractivity contribution in [2.24, 2.45) is 11.3 Å². The van der Waals surface area contributed by atoms with Gasteiger partial charge in [0.05, 0.1) is 7.11 Å². The summed E-state index contributed by atoms with van der Waals surface area (Å²) in [6.07, 6.45) is 1.24. The van der Waals surface area contributed by atoms with Crippen molar-refractivity contribution in [1.29, 1.82) is 0 Å². The third-order valence-corrected chi connectivity index (χ3v) is 4.19. The molecule has 1 aromatic rings. The summed E-state index contributed by atoms with van der Waals surface area (Å²) >= 11 is 0. The number of phenols is 1. The zero-order valence-electron chi connectivity index (χ0n) is 12.4. The summed E-state index contributed by atoms with van der Waals surface area (Å²) in [7, 11) is 1.59. The average molecular weight is 263 g/mol. The molecule has 3 nitrogen and oxygen atoms in total. The Labute approximate surface area is 116 Å². The van der Waals surface area contributed by atoms with E-state index in [0.29, 0.717) is 11.2 Å². The Bertz CT molecular complexity index is 437. The third kappa shape index (κ3) is 3.21. The van der Waals surface area contributed by atoms with E-state index >= 15 is 0 Å². The molecule has 0 amide bonds. The third-order valence-electron chi connectivity index (χ3n) is 4.19. The molecule has 0 aromatic heterocycles. The van der Waals surface area contributed by atoms with E-state index in [-0.39, 0.29) is 5.75 Å². The first-order valence-corrected chi connectivity index (χ1v) is 6.99. The van der Waals surface area contributed by atoms with Crippen LogP contribution in [-0.2, 0) is 6.54 Å². The van der Waals surface area contributed by atoms with E-state index in [4.69, 9.17) is 4.74 Å². The molecule has 0 spiro atoms. The van der Waals surface area contributed by atoms with Gasteiger partial charge in [-0.25, -0.2) is 0 Å². The van der Waals surface area contributed by atoms with Crippen molar-refractivity contribution in [2.45, 2.75) is 33.7 Å². The maximum absolute atomic E-state index is 10.1. The first kappa shape index (κ1) is 14.2. The molecule has 1 fully saturated rings. The van der Waals surface area contributed by atoms with Gasteiger partial charge in [-0.2, -0.15) is 0 Å². The summed E-state index contributed by atoms with van der Waals surface area (Å²) in [6.45, 7) is 9.95. The topological polar surface area (TPSA) is 32.7 Å². The Balaban J connectivity index is 2.04. The van der Waals surface area contributed by atoms with E-state index in [2.05, 4.69) is 25.7 Å². The summed E-state index contributed by atoms with van der Waals surface area (Å²) in [6, 6.07) is 5.70. The lowest BCUT2D eigenvalue weighted by Gasteiger charge is -2.27. The lowest BCUT2D eigenvalue weighted by atomic mass is 9.80. The number of nitrogens with zero attached hydrogens (tertiary/aromatic N) is 1. The van der Waals surface area contributed by atoms with Crippen molar-refractivity contribution < 1.29 is 9.84 Å². The second-order valence-electron chi connectivity index (χ2n) is 6.55. The molecule has 1 aromatic carbocycles. The molecule has 19 heavy (non-hydrogen) atoms. The van der Waals surface area contributed by atoms with Crippen LogP contribution in [0.15, 0.2) is 18.2 Å². The zero-order valence-corrected chi connectivity index (χ0v) is 12.4. The highest BCUT2D eigenvalue weighted by molar-refractivity contribution is 5.45. The second kappa shape index (κ2) is 5.41. The molecule has 0 bridgehead atoms. The van der Waals surface area contributed by atoms with E-state index < -0.39 is 0 Å². The second-order valence-corrected chi connectivity index (χ2v) is 6.55. The molecular weight excluding hydrogens is 238 g/mol. The van der Waals surface area contributed by atoms with Crippen molar-refractivity contribution in [3.63, 3.8) is 0 Å². The SMILES string of the molecule is COc1cccc(CN2CCC(C(C)(C)C)C2)c1O. The van der Waals surface area contributed by atoms with Crippen LogP contribution in [0.25, 0.3) is 0 Å². The fourth-order valence-corrected chi connectivity index (χ4v) is 2.78. The van der Waals surface area contributed by atoms with E-state index in [1.165, 1.54) is 6.42 Å². The average Bonchev–Trinajstić information content (AvgIpc) is 2.80. The molecule has 1 atom stereocenters. The van der Waals surface area contributed by atoms with Gasteiger partial charge in [0.2, 0.25) is 0 Å². The van der Waals surface area contributed by atoms with Gasteiger partial charge in [-0.05, 0) is 30.4 Å². The van der Waals surface area contributed by atoms with Crippen molar-refractivity contribution in [2.75, 3.05) is 20.2 Å². The van der Waals surface area contributed by atoms with Crippen LogP contribution in [0.2, 0.25) is 0 Å². The summed E-state index contributed by atoms with van der Waals surface area (Å²) in [5.41, 5.74) is 1.32. The molecule has 0 aliphatic carbocycles. The highest BCUT2D eigenvalue weighted by Crippen LogP contribution is 2.36. The Morgan fingerprint density at radius 2 is 2.11 bits per heavy atom. The van der Waals surface area contributed by atoms with Gasteiger partial charge >= 0.3 is 0 Å². The Kier molecular flexibility index (Phi) is 4.04. The molecule has 1 unspecified atom stereocenters. The Morgan fingerprint density at radius 3 is 2.68 bits per heavy atom. The van der Waals surface area contributed by atoms with E-state index in [0.717, 1.165) is 31.1 Å². The lowest BCUT2D eigenvalue weighted by Crippen LogP contribution is -2.25. The van der Waals surface area contributed by atoms with Crippen LogP contribution in [0, 0.1) is 11.3 Å². The number of methoxy groups -OCH3 is 1. The minimum absolute atomic E-state index is 0.282.